The van der Waals surface area contributed by atoms with Gasteiger partial charge < -0.3 is 20.1 Å². The second-order valence-corrected chi connectivity index (χ2v) is 6.22. The lowest BCUT2D eigenvalue weighted by Crippen LogP contribution is -2.32. The van der Waals surface area contributed by atoms with Gasteiger partial charge in [0.25, 0.3) is 5.91 Å². The van der Waals surface area contributed by atoms with Crippen LogP contribution in [0.1, 0.15) is 10.4 Å². The summed E-state index contributed by atoms with van der Waals surface area (Å²) in [5.41, 5.74) is 1.68. The molecule has 0 bridgehead atoms. The van der Waals surface area contributed by atoms with E-state index in [1.165, 1.54) is 18.5 Å². The summed E-state index contributed by atoms with van der Waals surface area (Å²) < 4.78 is 12.0. The highest BCUT2D eigenvalue weighted by Crippen LogP contribution is 2.39. The summed E-state index contributed by atoms with van der Waals surface area (Å²) in [6, 6.07) is 10.0. The van der Waals surface area contributed by atoms with Crippen LogP contribution in [0.15, 0.2) is 49.1 Å². The van der Waals surface area contributed by atoms with Crippen LogP contribution in [0.2, 0.25) is 5.02 Å². The van der Waals surface area contributed by atoms with Gasteiger partial charge in [-0.15, -0.1) is 0 Å². The zero-order valence-corrected chi connectivity index (χ0v) is 15.1. The number of rotatable bonds is 5. The number of nitrogens with one attached hydrogen (secondary N) is 2. The number of carbonyl (C=O) groups is 2. The largest absolute Gasteiger partial charge is 0.454 e. The fourth-order valence-electron chi connectivity index (χ4n) is 2.61. The Hall–Kier alpha value is -3.59. The van der Waals surface area contributed by atoms with Crippen molar-refractivity contribution >= 4 is 29.1 Å². The van der Waals surface area contributed by atoms with Crippen LogP contribution in [0.3, 0.4) is 0 Å². The highest BCUT2D eigenvalue weighted by atomic mass is 35.5. The quantitative estimate of drug-likeness (QED) is 0.679. The molecule has 0 fully saturated rings. The van der Waals surface area contributed by atoms with Gasteiger partial charge >= 0.3 is 0 Å². The second kappa shape index (κ2) is 7.57. The van der Waals surface area contributed by atoms with Gasteiger partial charge in [0, 0.05) is 11.3 Å². The average Bonchev–Trinajstić information content (AvgIpc) is 3.38. The number of anilines is 1. The van der Waals surface area contributed by atoms with Crippen molar-refractivity contribution in [2.75, 3.05) is 18.7 Å². The van der Waals surface area contributed by atoms with Gasteiger partial charge in [0.2, 0.25) is 12.7 Å². The fourth-order valence-corrected chi connectivity index (χ4v) is 2.87. The van der Waals surface area contributed by atoms with Crippen LogP contribution in [-0.4, -0.2) is 39.9 Å². The van der Waals surface area contributed by atoms with Gasteiger partial charge in [0.05, 0.1) is 17.3 Å². The molecule has 0 saturated heterocycles. The summed E-state index contributed by atoms with van der Waals surface area (Å²) in [4.78, 5) is 28.2. The molecule has 0 radical (unpaired) electrons. The van der Waals surface area contributed by atoms with E-state index in [1.54, 1.807) is 35.3 Å². The molecule has 142 valence electrons. The molecule has 0 atom stereocenters. The van der Waals surface area contributed by atoms with Crippen molar-refractivity contribution in [2.45, 2.75) is 0 Å². The molecule has 3 aromatic rings. The van der Waals surface area contributed by atoms with E-state index in [0.717, 1.165) is 5.69 Å². The second-order valence-electron chi connectivity index (χ2n) is 5.81. The molecule has 2 N–H and O–H groups in total. The monoisotopic (exact) mass is 399 g/mol. The van der Waals surface area contributed by atoms with Crippen LogP contribution in [0, 0.1) is 0 Å². The summed E-state index contributed by atoms with van der Waals surface area (Å²) in [6.45, 7) is -0.145. The van der Waals surface area contributed by atoms with Crippen LogP contribution in [-0.2, 0) is 4.79 Å². The van der Waals surface area contributed by atoms with Crippen molar-refractivity contribution in [3.8, 4) is 17.2 Å². The lowest BCUT2D eigenvalue weighted by molar-refractivity contribution is -0.115. The Morgan fingerprint density at radius 1 is 1.18 bits per heavy atom. The van der Waals surface area contributed by atoms with Crippen LogP contribution < -0.4 is 20.1 Å². The number of nitrogens with zero attached hydrogens (tertiary/aromatic N) is 3. The van der Waals surface area contributed by atoms with Crippen LogP contribution in [0.25, 0.3) is 5.69 Å². The third kappa shape index (κ3) is 3.74. The van der Waals surface area contributed by atoms with Crippen molar-refractivity contribution in [3.05, 3.63) is 59.6 Å². The minimum absolute atomic E-state index is 0.0538. The molecular weight excluding hydrogens is 386 g/mol. The Morgan fingerprint density at radius 3 is 2.75 bits per heavy atom. The van der Waals surface area contributed by atoms with E-state index in [4.69, 9.17) is 21.1 Å². The molecule has 1 aromatic heterocycles. The Labute approximate surface area is 164 Å². The van der Waals surface area contributed by atoms with E-state index < -0.39 is 5.91 Å². The highest BCUT2D eigenvalue weighted by Gasteiger charge is 2.20. The van der Waals surface area contributed by atoms with Crippen LogP contribution >= 0.6 is 11.6 Å². The number of halogens is 1. The number of carbonyl (C=O) groups excluding carboxylic acids is 2. The number of benzene rings is 2. The fraction of sp³-hybridized carbons (Fsp3) is 0.111. The van der Waals surface area contributed by atoms with Crippen molar-refractivity contribution < 1.29 is 19.1 Å². The van der Waals surface area contributed by atoms with Gasteiger partial charge in [0.15, 0.2) is 11.5 Å². The van der Waals surface area contributed by atoms with Gasteiger partial charge in [-0.25, -0.2) is 9.67 Å². The maximum atomic E-state index is 12.3. The molecule has 0 saturated carbocycles. The third-order valence-electron chi connectivity index (χ3n) is 3.93. The van der Waals surface area contributed by atoms with E-state index in [2.05, 4.69) is 20.7 Å². The van der Waals surface area contributed by atoms with Gasteiger partial charge in [-0.05, 0) is 36.4 Å². The predicted octanol–water partition coefficient (Wildman–Crippen LogP) is 2.02. The van der Waals surface area contributed by atoms with Crippen molar-refractivity contribution in [2.24, 2.45) is 0 Å². The molecule has 0 spiro atoms. The van der Waals surface area contributed by atoms with Gasteiger partial charge in [-0.2, -0.15) is 5.10 Å². The normalized spacial score (nSPS) is 11.9. The van der Waals surface area contributed by atoms with E-state index in [0.29, 0.717) is 17.2 Å². The molecule has 10 heteroatoms. The van der Waals surface area contributed by atoms with Crippen LogP contribution in [0.4, 0.5) is 5.69 Å². The first-order chi connectivity index (χ1) is 13.6. The van der Waals surface area contributed by atoms with E-state index in [-0.39, 0.29) is 29.8 Å². The summed E-state index contributed by atoms with van der Waals surface area (Å²) >= 11 is 6.06. The number of amides is 2. The maximum Gasteiger partial charge on any atom is 0.251 e. The summed E-state index contributed by atoms with van der Waals surface area (Å²) in [5.74, 6) is -0.00884. The number of hydrogen-bond donors (Lipinski definition) is 2. The zero-order chi connectivity index (χ0) is 19.5. The molecule has 2 amide bonds. The number of ether oxygens (including phenoxy) is 2. The Bertz CT molecular complexity index is 1020. The lowest BCUT2D eigenvalue weighted by Gasteiger charge is -2.09. The predicted molar refractivity (Wildman–Crippen MR) is 99.9 cm³/mol. The van der Waals surface area contributed by atoms with Gasteiger partial charge in [0.1, 0.15) is 12.7 Å². The summed E-state index contributed by atoms with van der Waals surface area (Å²) in [5, 5.41) is 9.55. The molecule has 2 heterocycles. The van der Waals surface area contributed by atoms with Gasteiger partial charge in [-0.1, -0.05) is 11.6 Å². The summed E-state index contributed by atoms with van der Waals surface area (Å²) in [7, 11) is 0. The van der Waals surface area contributed by atoms with E-state index in [9.17, 15) is 9.59 Å². The first-order valence-corrected chi connectivity index (χ1v) is 8.60. The number of aromatic nitrogens is 3. The SMILES string of the molecule is O=C(CNC(=O)c1cc(Cl)c2c(c1)OCO2)Nc1ccc(-n2cncn2)cc1. The Balaban J connectivity index is 1.33. The molecule has 9 nitrogen and oxygen atoms in total. The molecule has 0 unspecified atom stereocenters. The lowest BCUT2D eigenvalue weighted by atomic mass is 10.2. The van der Waals surface area contributed by atoms with Gasteiger partial charge in [-0.3, -0.25) is 9.59 Å². The summed E-state index contributed by atoms with van der Waals surface area (Å²) in [6.07, 6.45) is 3.01. The van der Waals surface area contributed by atoms with Crippen LogP contribution in [0.5, 0.6) is 11.5 Å². The Morgan fingerprint density at radius 2 is 2.00 bits per heavy atom. The minimum Gasteiger partial charge on any atom is -0.454 e. The van der Waals surface area contributed by atoms with Crippen molar-refractivity contribution in [3.63, 3.8) is 0 Å². The third-order valence-corrected chi connectivity index (χ3v) is 4.21. The molecule has 1 aliphatic heterocycles. The van der Waals surface area contributed by atoms with E-state index in [1.807, 2.05) is 0 Å². The first kappa shape index (κ1) is 17.8. The average molecular weight is 400 g/mol. The highest BCUT2D eigenvalue weighted by molar-refractivity contribution is 6.32. The number of fused-ring (bicyclic) bond motifs is 1. The maximum absolute atomic E-state index is 12.3. The topological polar surface area (TPSA) is 107 Å². The van der Waals surface area contributed by atoms with E-state index >= 15 is 0 Å². The zero-order valence-electron chi connectivity index (χ0n) is 14.4. The molecule has 2 aromatic carbocycles. The molecule has 0 aliphatic carbocycles. The minimum atomic E-state index is -0.447. The standard InChI is InChI=1S/C18H14ClN5O4/c19-14-5-11(6-15-17(14)28-10-27-15)18(26)21-7-16(25)23-12-1-3-13(4-2-12)24-9-20-8-22-24/h1-6,8-9H,7,10H2,(H,21,26)(H,23,25). The smallest absolute Gasteiger partial charge is 0.251 e. The number of hydrogen-bond acceptors (Lipinski definition) is 6. The molecule has 1 aliphatic rings. The molecule has 4 rings (SSSR count). The van der Waals surface area contributed by atoms with Crippen molar-refractivity contribution in [1.29, 1.82) is 0 Å². The first-order valence-electron chi connectivity index (χ1n) is 8.22. The molecular formula is C18H14ClN5O4. The van der Waals surface area contributed by atoms with Crippen molar-refractivity contribution in [1.82, 2.24) is 20.1 Å². The Kier molecular flexibility index (Phi) is 4.81. The molecule has 28 heavy (non-hydrogen) atoms.